The van der Waals surface area contributed by atoms with E-state index < -0.39 is 0 Å². The number of nitrogens with zero attached hydrogens (tertiary/aromatic N) is 4. The SMILES string of the molecule is C#CCCCNc1cc(Cl)nc2ncnn12. The van der Waals surface area contributed by atoms with Crippen LogP contribution < -0.4 is 5.32 Å². The molecule has 2 heterocycles. The fraction of sp³-hybridized carbons (Fsp3) is 0.300. The monoisotopic (exact) mass is 235 g/mol. The Morgan fingerprint density at radius 2 is 2.44 bits per heavy atom. The normalized spacial score (nSPS) is 10.2. The number of aromatic nitrogens is 4. The number of hydrogen-bond acceptors (Lipinski definition) is 4. The molecule has 0 saturated heterocycles. The highest BCUT2D eigenvalue weighted by atomic mass is 35.5. The summed E-state index contributed by atoms with van der Waals surface area (Å²) in [6.45, 7) is 0.763. The van der Waals surface area contributed by atoms with E-state index in [0.29, 0.717) is 10.9 Å². The second kappa shape index (κ2) is 4.81. The Kier molecular flexibility index (Phi) is 3.22. The van der Waals surface area contributed by atoms with Crippen LogP contribution in [0, 0.1) is 12.3 Å². The average Bonchev–Trinajstić information content (AvgIpc) is 2.72. The molecule has 0 radical (unpaired) electrons. The van der Waals surface area contributed by atoms with Crippen molar-refractivity contribution in [1.29, 1.82) is 0 Å². The summed E-state index contributed by atoms with van der Waals surface area (Å²) < 4.78 is 1.60. The molecule has 0 aliphatic carbocycles. The Morgan fingerprint density at radius 1 is 1.56 bits per heavy atom. The Morgan fingerprint density at radius 3 is 3.25 bits per heavy atom. The van der Waals surface area contributed by atoms with Gasteiger partial charge in [-0.1, -0.05) is 11.6 Å². The summed E-state index contributed by atoms with van der Waals surface area (Å²) in [5.74, 6) is 3.83. The number of nitrogens with one attached hydrogen (secondary N) is 1. The van der Waals surface area contributed by atoms with Crippen LogP contribution in [0.2, 0.25) is 5.15 Å². The van der Waals surface area contributed by atoms with Crippen molar-refractivity contribution >= 4 is 23.2 Å². The third kappa shape index (κ3) is 2.23. The van der Waals surface area contributed by atoms with Gasteiger partial charge >= 0.3 is 0 Å². The van der Waals surface area contributed by atoms with Crippen LogP contribution in [0.1, 0.15) is 12.8 Å². The standard InChI is InChI=1S/C10H10ClN5/c1-2-3-4-5-12-9-6-8(11)15-10-13-7-14-16(9)10/h1,6-7,12H,3-5H2. The van der Waals surface area contributed by atoms with Gasteiger partial charge in [0.25, 0.3) is 5.78 Å². The van der Waals surface area contributed by atoms with Gasteiger partial charge in [0, 0.05) is 19.0 Å². The molecule has 0 atom stereocenters. The minimum Gasteiger partial charge on any atom is -0.370 e. The molecule has 5 nitrogen and oxygen atoms in total. The number of halogens is 1. The molecule has 0 saturated carbocycles. The summed E-state index contributed by atoms with van der Waals surface area (Å²) in [7, 11) is 0. The van der Waals surface area contributed by atoms with E-state index in [2.05, 4.69) is 26.3 Å². The quantitative estimate of drug-likeness (QED) is 0.497. The third-order valence-corrected chi connectivity index (χ3v) is 2.22. The van der Waals surface area contributed by atoms with Crippen molar-refractivity contribution in [2.24, 2.45) is 0 Å². The van der Waals surface area contributed by atoms with Gasteiger partial charge in [0.15, 0.2) is 0 Å². The summed E-state index contributed by atoms with van der Waals surface area (Å²) in [4.78, 5) is 7.99. The smallest absolute Gasteiger partial charge is 0.255 e. The van der Waals surface area contributed by atoms with Crippen molar-refractivity contribution in [2.75, 3.05) is 11.9 Å². The minimum absolute atomic E-state index is 0.389. The lowest BCUT2D eigenvalue weighted by Crippen LogP contribution is -2.07. The second-order valence-corrected chi connectivity index (χ2v) is 3.56. The number of hydrogen-bond donors (Lipinski definition) is 1. The number of terminal acetylenes is 1. The molecule has 82 valence electrons. The lowest BCUT2D eigenvalue weighted by atomic mass is 10.3. The maximum absolute atomic E-state index is 5.86. The molecule has 0 spiro atoms. The van der Waals surface area contributed by atoms with Crippen molar-refractivity contribution in [3.63, 3.8) is 0 Å². The fourth-order valence-electron chi connectivity index (χ4n) is 1.32. The van der Waals surface area contributed by atoms with E-state index >= 15 is 0 Å². The molecule has 0 aliphatic heterocycles. The van der Waals surface area contributed by atoms with Crippen molar-refractivity contribution in [3.8, 4) is 12.3 Å². The van der Waals surface area contributed by atoms with Crippen LogP contribution in [0.5, 0.6) is 0 Å². The van der Waals surface area contributed by atoms with Gasteiger partial charge in [-0.2, -0.15) is 19.6 Å². The maximum Gasteiger partial charge on any atom is 0.255 e. The average molecular weight is 236 g/mol. The number of fused-ring (bicyclic) bond motifs is 1. The first-order chi connectivity index (χ1) is 7.81. The van der Waals surface area contributed by atoms with Gasteiger partial charge < -0.3 is 5.32 Å². The molecule has 0 aliphatic rings. The van der Waals surface area contributed by atoms with E-state index in [1.807, 2.05) is 0 Å². The highest BCUT2D eigenvalue weighted by molar-refractivity contribution is 6.29. The van der Waals surface area contributed by atoms with Crippen LogP contribution in [0.4, 0.5) is 5.82 Å². The lowest BCUT2D eigenvalue weighted by Gasteiger charge is -2.06. The van der Waals surface area contributed by atoms with Crippen molar-refractivity contribution < 1.29 is 0 Å². The molecule has 2 aromatic heterocycles. The Balaban J connectivity index is 2.16. The molecule has 0 amide bonds. The zero-order valence-electron chi connectivity index (χ0n) is 8.52. The summed E-state index contributed by atoms with van der Waals surface area (Å²) in [6, 6.07) is 1.71. The van der Waals surface area contributed by atoms with Crippen molar-refractivity contribution in [1.82, 2.24) is 19.6 Å². The lowest BCUT2D eigenvalue weighted by molar-refractivity contribution is 0.872. The predicted molar refractivity (Wildman–Crippen MR) is 62.3 cm³/mol. The number of rotatable bonds is 4. The first-order valence-electron chi connectivity index (χ1n) is 4.85. The highest BCUT2D eigenvalue weighted by Crippen LogP contribution is 2.14. The van der Waals surface area contributed by atoms with Crippen LogP contribution in [0.3, 0.4) is 0 Å². The molecule has 0 fully saturated rings. The predicted octanol–water partition coefficient (Wildman–Crippen LogP) is 1.60. The van der Waals surface area contributed by atoms with Gasteiger partial charge in [-0.15, -0.1) is 12.3 Å². The maximum atomic E-state index is 5.86. The van der Waals surface area contributed by atoms with Crippen LogP contribution in [0.15, 0.2) is 12.4 Å². The minimum atomic E-state index is 0.389. The summed E-state index contributed by atoms with van der Waals surface area (Å²) in [6.07, 6.45) is 8.24. The third-order valence-electron chi connectivity index (χ3n) is 2.02. The molecule has 0 aromatic carbocycles. The number of anilines is 1. The summed E-state index contributed by atoms with van der Waals surface area (Å²) in [5, 5.41) is 7.62. The first-order valence-corrected chi connectivity index (χ1v) is 5.22. The van der Waals surface area contributed by atoms with E-state index in [9.17, 15) is 0 Å². The number of unbranched alkanes of at least 4 members (excludes halogenated alkanes) is 1. The molecule has 16 heavy (non-hydrogen) atoms. The van der Waals surface area contributed by atoms with Gasteiger partial charge in [0.2, 0.25) is 0 Å². The van der Waals surface area contributed by atoms with Gasteiger partial charge in [-0.05, 0) is 6.42 Å². The van der Waals surface area contributed by atoms with Gasteiger partial charge in [0.1, 0.15) is 17.3 Å². The molecular formula is C10H10ClN5. The van der Waals surface area contributed by atoms with E-state index in [4.69, 9.17) is 18.0 Å². The molecule has 0 bridgehead atoms. The fourth-order valence-corrected chi connectivity index (χ4v) is 1.50. The molecule has 2 aromatic rings. The largest absolute Gasteiger partial charge is 0.370 e. The second-order valence-electron chi connectivity index (χ2n) is 3.17. The molecular weight excluding hydrogens is 226 g/mol. The van der Waals surface area contributed by atoms with Crippen LogP contribution in [-0.4, -0.2) is 26.1 Å². The van der Waals surface area contributed by atoms with Crippen LogP contribution >= 0.6 is 11.6 Å². The van der Waals surface area contributed by atoms with E-state index in [1.54, 1.807) is 10.6 Å². The van der Waals surface area contributed by atoms with Gasteiger partial charge in [-0.25, -0.2) is 0 Å². The Labute approximate surface area is 97.9 Å². The van der Waals surface area contributed by atoms with Gasteiger partial charge in [0.05, 0.1) is 0 Å². The topological polar surface area (TPSA) is 55.1 Å². The van der Waals surface area contributed by atoms with E-state index in [0.717, 1.165) is 25.2 Å². The molecule has 6 heteroatoms. The summed E-state index contributed by atoms with van der Waals surface area (Å²) >= 11 is 5.86. The van der Waals surface area contributed by atoms with Crippen LogP contribution in [0.25, 0.3) is 5.78 Å². The van der Waals surface area contributed by atoms with E-state index in [1.165, 1.54) is 6.33 Å². The summed E-state index contributed by atoms with van der Waals surface area (Å²) in [5.41, 5.74) is 0. The van der Waals surface area contributed by atoms with Crippen LogP contribution in [-0.2, 0) is 0 Å². The van der Waals surface area contributed by atoms with E-state index in [-0.39, 0.29) is 0 Å². The zero-order valence-corrected chi connectivity index (χ0v) is 9.28. The Hall–Kier alpha value is -1.80. The van der Waals surface area contributed by atoms with Crippen molar-refractivity contribution in [3.05, 3.63) is 17.5 Å². The molecule has 2 rings (SSSR count). The first kappa shape index (κ1) is 10.7. The highest BCUT2D eigenvalue weighted by Gasteiger charge is 2.05. The zero-order chi connectivity index (χ0) is 11.4. The Bertz CT molecular complexity index is 527. The molecule has 1 N–H and O–H groups in total. The van der Waals surface area contributed by atoms with Crippen molar-refractivity contribution in [2.45, 2.75) is 12.8 Å². The van der Waals surface area contributed by atoms with Gasteiger partial charge in [-0.3, -0.25) is 0 Å². The molecule has 0 unspecified atom stereocenters.